The number of piperidine rings is 1. The fourth-order valence-electron chi connectivity index (χ4n) is 3.14. The van der Waals surface area contributed by atoms with Gasteiger partial charge in [-0.2, -0.15) is 4.98 Å². The van der Waals surface area contributed by atoms with Gasteiger partial charge in [0.1, 0.15) is 6.10 Å². The molecule has 0 unspecified atom stereocenters. The molecule has 1 saturated heterocycles. The van der Waals surface area contributed by atoms with Gasteiger partial charge in [-0.1, -0.05) is 6.07 Å². The number of fused-ring (bicyclic) bond motifs is 1. The molecule has 1 aromatic carbocycles. The van der Waals surface area contributed by atoms with Crippen molar-refractivity contribution >= 4 is 12.0 Å². The first-order valence-corrected chi connectivity index (χ1v) is 9.11. The fourth-order valence-corrected chi connectivity index (χ4v) is 3.14. The van der Waals surface area contributed by atoms with E-state index in [0.717, 1.165) is 24.2 Å². The van der Waals surface area contributed by atoms with E-state index in [1.165, 1.54) is 7.11 Å². The maximum absolute atomic E-state index is 12.5. The Bertz CT molecular complexity index is 878. The molecule has 0 aliphatic carbocycles. The molecule has 2 aliphatic rings. The predicted molar refractivity (Wildman–Crippen MR) is 100 cm³/mol. The molecule has 1 aromatic heterocycles. The van der Waals surface area contributed by atoms with E-state index in [9.17, 15) is 4.79 Å². The SMILES string of the molecule is COc1nccc(OC2CCN(C(=O)/C=C/c3ccc4c(c3)OCO4)CC2)n1. The van der Waals surface area contributed by atoms with E-state index in [1.807, 2.05) is 23.1 Å². The first-order valence-electron chi connectivity index (χ1n) is 9.11. The summed E-state index contributed by atoms with van der Waals surface area (Å²) in [6, 6.07) is 7.58. The Morgan fingerprint density at radius 1 is 1.21 bits per heavy atom. The van der Waals surface area contributed by atoms with Crippen LogP contribution in [0.1, 0.15) is 18.4 Å². The number of likely N-dealkylation sites (tertiary alicyclic amines) is 1. The highest BCUT2D eigenvalue weighted by Crippen LogP contribution is 2.32. The van der Waals surface area contributed by atoms with Crippen molar-refractivity contribution in [1.29, 1.82) is 0 Å². The van der Waals surface area contributed by atoms with Crippen LogP contribution in [0.2, 0.25) is 0 Å². The van der Waals surface area contributed by atoms with Crippen LogP contribution in [-0.2, 0) is 4.79 Å². The van der Waals surface area contributed by atoms with Crippen molar-refractivity contribution in [2.45, 2.75) is 18.9 Å². The summed E-state index contributed by atoms with van der Waals surface area (Å²) in [5, 5.41) is 0. The molecule has 2 aromatic rings. The first kappa shape index (κ1) is 18.1. The number of ether oxygens (including phenoxy) is 4. The lowest BCUT2D eigenvalue weighted by atomic mass is 10.1. The number of amides is 1. The first-order chi connectivity index (χ1) is 13.7. The van der Waals surface area contributed by atoms with Crippen LogP contribution in [0.25, 0.3) is 6.08 Å². The molecule has 0 N–H and O–H groups in total. The molecule has 4 rings (SSSR count). The number of hydrogen-bond donors (Lipinski definition) is 0. The van der Waals surface area contributed by atoms with Crippen LogP contribution in [0.4, 0.5) is 0 Å². The van der Waals surface area contributed by atoms with Crippen LogP contribution in [0.3, 0.4) is 0 Å². The maximum atomic E-state index is 12.5. The number of carbonyl (C=O) groups excluding carboxylic acids is 1. The van der Waals surface area contributed by atoms with Gasteiger partial charge in [0.05, 0.1) is 7.11 Å². The summed E-state index contributed by atoms with van der Waals surface area (Å²) < 4.78 is 21.5. The molecule has 0 atom stereocenters. The Hall–Kier alpha value is -3.29. The summed E-state index contributed by atoms with van der Waals surface area (Å²) >= 11 is 0. The van der Waals surface area contributed by atoms with Crippen LogP contribution in [0.5, 0.6) is 23.4 Å². The zero-order valence-corrected chi connectivity index (χ0v) is 15.5. The van der Waals surface area contributed by atoms with Crippen LogP contribution in [0.15, 0.2) is 36.5 Å². The van der Waals surface area contributed by atoms with Crippen molar-refractivity contribution in [3.05, 3.63) is 42.1 Å². The third-order valence-corrected chi connectivity index (χ3v) is 4.65. The van der Waals surface area contributed by atoms with E-state index in [-0.39, 0.29) is 24.8 Å². The van der Waals surface area contributed by atoms with Gasteiger partial charge in [0.2, 0.25) is 18.6 Å². The summed E-state index contributed by atoms with van der Waals surface area (Å²) in [5.74, 6) is 1.90. The average molecular weight is 383 g/mol. The van der Waals surface area contributed by atoms with Gasteiger partial charge in [-0.3, -0.25) is 4.79 Å². The molecule has 1 fully saturated rings. The van der Waals surface area contributed by atoms with E-state index in [0.29, 0.717) is 24.7 Å². The van der Waals surface area contributed by atoms with Crippen molar-refractivity contribution in [3.63, 3.8) is 0 Å². The average Bonchev–Trinajstić information content (AvgIpc) is 3.20. The van der Waals surface area contributed by atoms with Crippen molar-refractivity contribution < 1.29 is 23.7 Å². The van der Waals surface area contributed by atoms with Gasteiger partial charge in [-0.25, -0.2) is 4.98 Å². The van der Waals surface area contributed by atoms with E-state index in [4.69, 9.17) is 18.9 Å². The van der Waals surface area contributed by atoms with Gasteiger partial charge in [0, 0.05) is 44.3 Å². The van der Waals surface area contributed by atoms with Gasteiger partial charge in [0.15, 0.2) is 11.5 Å². The Kier molecular flexibility index (Phi) is 5.27. The number of nitrogens with zero attached hydrogens (tertiary/aromatic N) is 3. The Morgan fingerprint density at radius 3 is 2.86 bits per heavy atom. The zero-order valence-electron chi connectivity index (χ0n) is 15.5. The maximum Gasteiger partial charge on any atom is 0.319 e. The van der Waals surface area contributed by atoms with E-state index < -0.39 is 0 Å². The van der Waals surface area contributed by atoms with Gasteiger partial charge in [0.25, 0.3) is 0 Å². The third kappa shape index (κ3) is 4.16. The van der Waals surface area contributed by atoms with Crippen molar-refractivity contribution in [1.82, 2.24) is 14.9 Å². The normalized spacial score (nSPS) is 16.4. The van der Waals surface area contributed by atoms with E-state index in [1.54, 1.807) is 24.4 Å². The Morgan fingerprint density at radius 2 is 2.04 bits per heavy atom. The van der Waals surface area contributed by atoms with Crippen molar-refractivity contribution in [2.75, 3.05) is 27.0 Å². The van der Waals surface area contributed by atoms with Gasteiger partial charge in [-0.15, -0.1) is 0 Å². The van der Waals surface area contributed by atoms with Gasteiger partial charge < -0.3 is 23.8 Å². The number of benzene rings is 1. The number of hydrogen-bond acceptors (Lipinski definition) is 7. The lowest BCUT2D eigenvalue weighted by Gasteiger charge is -2.31. The summed E-state index contributed by atoms with van der Waals surface area (Å²) in [6.45, 7) is 1.51. The summed E-state index contributed by atoms with van der Waals surface area (Å²) in [6.07, 6.45) is 6.49. The molecule has 0 saturated carbocycles. The highest BCUT2D eigenvalue weighted by molar-refractivity contribution is 5.92. The molecule has 2 aliphatic heterocycles. The third-order valence-electron chi connectivity index (χ3n) is 4.65. The van der Waals surface area contributed by atoms with Gasteiger partial charge in [-0.05, 0) is 23.8 Å². The molecular weight excluding hydrogens is 362 g/mol. The van der Waals surface area contributed by atoms with Crippen LogP contribution < -0.4 is 18.9 Å². The standard InChI is InChI=1S/C20H21N3O5/c1-25-20-21-9-6-18(22-20)28-15-7-10-23(11-8-15)19(24)5-3-14-2-4-16-17(12-14)27-13-26-16/h2-6,9,12,15H,7-8,10-11,13H2,1H3/b5-3+. The van der Waals surface area contributed by atoms with Crippen LogP contribution in [-0.4, -0.2) is 53.9 Å². The summed E-state index contributed by atoms with van der Waals surface area (Å²) in [7, 11) is 1.51. The topological polar surface area (TPSA) is 83.0 Å². The second kappa shape index (κ2) is 8.16. The van der Waals surface area contributed by atoms with Crippen LogP contribution >= 0.6 is 0 Å². The molecule has 8 heteroatoms. The zero-order chi connectivity index (χ0) is 19.3. The molecule has 0 spiro atoms. The minimum Gasteiger partial charge on any atom is -0.474 e. The minimum atomic E-state index is -0.0141. The molecular formula is C20H21N3O5. The Labute approximate surface area is 162 Å². The number of methoxy groups -OCH3 is 1. The smallest absolute Gasteiger partial charge is 0.319 e. The minimum absolute atomic E-state index is 0.0141. The highest BCUT2D eigenvalue weighted by Gasteiger charge is 2.23. The quantitative estimate of drug-likeness (QED) is 0.733. The lowest BCUT2D eigenvalue weighted by Crippen LogP contribution is -2.41. The number of aromatic nitrogens is 2. The molecule has 146 valence electrons. The monoisotopic (exact) mass is 383 g/mol. The molecule has 0 bridgehead atoms. The van der Waals surface area contributed by atoms with Crippen molar-refractivity contribution in [2.24, 2.45) is 0 Å². The van der Waals surface area contributed by atoms with E-state index in [2.05, 4.69) is 9.97 Å². The lowest BCUT2D eigenvalue weighted by molar-refractivity contribution is -0.127. The largest absolute Gasteiger partial charge is 0.474 e. The second-order valence-corrected chi connectivity index (χ2v) is 6.47. The molecule has 28 heavy (non-hydrogen) atoms. The summed E-state index contributed by atoms with van der Waals surface area (Å²) in [5.41, 5.74) is 0.897. The van der Waals surface area contributed by atoms with Crippen molar-refractivity contribution in [3.8, 4) is 23.4 Å². The van der Waals surface area contributed by atoms with Gasteiger partial charge >= 0.3 is 6.01 Å². The molecule has 1 amide bonds. The second-order valence-electron chi connectivity index (χ2n) is 6.47. The summed E-state index contributed by atoms with van der Waals surface area (Å²) in [4.78, 5) is 22.4. The highest BCUT2D eigenvalue weighted by atomic mass is 16.7. The Balaban J connectivity index is 1.29. The predicted octanol–water partition coefficient (Wildman–Crippen LogP) is 2.30. The fraction of sp³-hybridized carbons (Fsp3) is 0.350. The molecule has 0 radical (unpaired) electrons. The molecule has 3 heterocycles. The number of carbonyl (C=O) groups is 1. The molecule has 8 nitrogen and oxygen atoms in total. The number of rotatable bonds is 5. The van der Waals surface area contributed by atoms with Crippen LogP contribution in [0, 0.1) is 0 Å². The van der Waals surface area contributed by atoms with E-state index >= 15 is 0 Å².